The molecule has 36 heavy (non-hydrogen) atoms. The molecule has 2 aromatic rings. The Morgan fingerprint density at radius 2 is 1.00 bits per heavy atom. The van der Waals surface area contributed by atoms with Gasteiger partial charge in [0.05, 0.1) is 47.2 Å². The van der Waals surface area contributed by atoms with Gasteiger partial charge in [0.15, 0.2) is 0 Å². The van der Waals surface area contributed by atoms with Crippen LogP contribution in [-0.4, -0.2) is 37.7 Å². The molecule has 2 heterocycles. The molecule has 0 aliphatic heterocycles. The van der Waals surface area contributed by atoms with Crippen molar-refractivity contribution in [2.75, 3.05) is 0 Å². The van der Waals surface area contributed by atoms with Crippen LogP contribution in [0.1, 0.15) is 39.5 Å². The van der Waals surface area contributed by atoms with Gasteiger partial charge < -0.3 is 9.11 Å². The van der Waals surface area contributed by atoms with Crippen LogP contribution in [0.3, 0.4) is 0 Å². The molecule has 2 unspecified atom stereocenters. The van der Waals surface area contributed by atoms with E-state index in [1.165, 1.54) is 25.7 Å². The Morgan fingerprint density at radius 1 is 0.750 bits per heavy atom. The monoisotopic (exact) mass is 574 g/mol. The number of aryl methyl sites for hydroxylation is 4. The zero-order chi connectivity index (χ0) is 28.8. The molecule has 0 spiro atoms. The van der Waals surface area contributed by atoms with Crippen molar-refractivity contribution in [3.8, 4) is 0 Å². The summed E-state index contributed by atoms with van der Waals surface area (Å²) >= 11 is 0. The molecule has 2 aromatic heterocycles. The quantitative estimate of drug-likeness (QED) is 0.401. The van der Waals surface area contributed by atoms with Gasteiger partial charge in [0.1, 0.15) is 24.8 Å². The molecular weight excluding hydrogens is 542 g/mol. The van der Waals surface area contributed by atoms with Gasteiger partial charge in [0.25, 0.3) is 0 Å². The van der Waals surface area contributed by atoms with Crippen LogP contribution in [-0.2, 0) is 47.2 Å². The fraction of sp³-hybridized carbons (Fsp3) is 0.667. The first kappa shape index (κ1) is 36.0. The predicted octanol–water partition coefficient (Wildman–Crippen LogP) is 3.59. The number of rotatable bonds is 6. The Hall–Kier alpha value is -2.18. The summed E-state index contributed by atoms with van der Waals surface area (Å²) in [5.74, 6) is 0. The van der Waals surface area contributed by atoms with Crippen molar-refractivity contribution in [1.29, 1.82) is 9.56 Å². The van der Waals surface area contributed by atoms with E-state index < -0.39 is 31.0 Å². The molecule has 2 N–H and O–H groups in total. The fourth-order valence-electron chi connectivity index (χ4n) is 1.95. The second-order valence-electron chi connectivity index (χ2n) is 7.24. The van der Waals surface area contributed by atoms with Gasteiger partial charge in [-0.25, -0.2) is 18.3 Å². The first-order valence-electron chi connectivity index (χ1n) is 10.3. The zero-order valence-corrected chi connectivity index (χ0v) is 21.8. The number of hydrogen-bond acceptors (Lipinski definition) is 6. The highest BCUT2D eigenvalue weighted by molar-refractivity contribution is 7.87. The third-order valence-electron chi connectivity index (χ3n) is 3.80. The van der Waals surface area contributed by atoms with E-state index in [4.69, 9.17) is 9.56 Å². The predicted molar refractivity (Wildman–Crippen MR) is 116 cm³/mol. The van der Waals surface area contributed by atoms with Crippen molar-refractivity contribution in [2.45, 2.75) is 63.6 Å². The van der Waals surface area contributed by atoms with Gasteiger partial charge in [-0.3, -0.25) is 18.0 Å². The summed E-state index contributed by atoms with van der Waals surface area (Å²) in [5, 5.41) is 0. The zero-order valence-electron chi connectivity index (χ0n) is 20.2. The number of aromatic nitrogens is 4. The van der Waals surface area contributed by atoms with E-state index in [0.29, 0.717) is 0 Å². The molecule has 2 atom stereocenters. The SMILES string of the molecule is CCCC[n+]1ccn(C)c1.CCCC[n+]1ccn(C)c1.N=S(=O)([O-])C(F)(F)F.N=S(=O)([O-])C(F)(F)F. The molecule has 18 heteroatoms. The van der Waals surface area contributed by atoms with Crippen molar-refractivity contribution in [2.24, 2.45) is 14.1 Å². The highest BCUT2D eigenvalue weighted by Gasteiger charge is 2.34. The molecule has 0 saturated heterocycles. The maximum atomic E-state index is 10.8. The van der Waals surface area contributed by atoms with Crippen LogP contribution >= 0.6 is 0 Å². The van der Waals surface area contributed by atoms with Gasteiger partial charge in [-0.15, -0.1) is 0 Å². The molecule has 0 fully saturated rings. The van der Waals surface area contributed by atoms with Crippen molar-refractivity contribution in [3.05, 3.63) is 37.4 Å². The summed E-state index contributed by atoms with van der Waals surface area (Å²) < 4.78 is 121. The molecule has 0 radical (unpaired) electrons. The molecule has 0 amide bonds. The smallest absolute Gasteiger partial charge is 0.466 e. The Morgan fingerprint density at radius 3 is 1.14 bits per heavy atom. The standard InChI is InChI=1S/2C8H15N2.2CH2F3NO2S/c2*1-3-4-5-10-7-6-9(2)8-10;2*2-1(3,4)8(5,6)7/h2*6-8H,3-5H2,1-2H3;2*(H2,5,6,7)/q2*+1;;/p-2. The third kappa shape index (κ3) is 17.3. The fourth-order valence-corrected chi connectivity index (χ4v) is 1.95. The molecule has 0 saturated carbocycles. The number of nitrogens with zero attached hydrogens (tertiary/aromatic N) is 4. The average Bonchev–Trinajstić information content (AvgIpc) is 3.31. The van der Waals surface area contributed by atoms with Gasteiger partial charge in [-0.2, -0.15) is 26.3 Å². The van der Waals surface area contributed by atoms with Crippen molar-refractivity contribution < 1.29 is 53.0 Å². The van der Waals surface area contributed by atoms with Gasteiger partial charge >= 0.3 is 11.0 Å². The molecule has 2 rings (SSSR count). The van der Waals surface area contributed by atoms with E-state index in [1.54, 1.807) is 0 Å². The van der Waals surface area contributed by atoms with Crippen molar-refractivity contribution in [3.63, 3.8) is 0 Å². The Labute approximate surface area is 207 Å². The number of alkyl halides is 6. The molecule has 0 aliphatic carbocycles. The number of imidazole rings is 2. The first-order chi connectivity index (χ1) is 16.2. The number of nitrogens with one attached hydrogen (secondary N) is 2. The minimum absolute atomic E-state index is 1.15. The van der Waals surface area contributed by atoms with Gasteiger partial charge in [0, 0.05) is 0 Å². The summed E-state index contributed by atoms with van der Waals surface area (Å²) in [6.07, 6.45) is 17.6. The molecule has 0 aliphatic rings. The lowest BCUT2D eigenvalue weighted by atomic mass is 10.3. The molecule has 212 valence electrons. The Kier molecular flexibility index (Phi) is 15.8. The van der Waals surface area contributed by atoms with E-state index in [2.05, 4.69) is 69.6 Å². The summed E-state index contributed by atoms with van der Waals surface area (Å²) in [5.41, 5.74) is -10.8. The summed E-state index contributed by atoms with van der Waals surface area (Å²) in [4.78, 5) is 0. The number of hydrogen-bond donors (Lipinski definition) is 2. The Balaban J connectivity index is 0. The van der Waals surface area contributed by atoms with Crippen molar-refractivity contribution in [1.82, 2.24) is 9.13 Å². The number of halogens is 6. The highest BCUT2D eigenvalue weighted by Crippen LogP contribution is 2.21. The maximum Gasteiger partial charge on any atom is 0.466 e. The van der Waals surface area contributed by atoms with Crippen LogP contribution in [0.4, 0.5) is 26.3 Å². The first-order valence-corrected chi connectivity index (χ1v) is 13.3. The number of unbranched alkanes of at least 4 members (excludes halogenated alkanes) is 2. The lowest BCUT2D eigenvalue weighted by molar-refractivity contribution is -0.696. The summed E-state index contributed by atoms with van der Waals surface area (Å²) in [7, 11) is -7.09. The maximum absolute atomic E-state index is 10.8. The van der Waals surface area contributed by atoms with Crippen LogP contribution in [0, 0.1) is 9.56 Å². The Bertz CT molecular complexity index is 994. The largest absolute Gasteiger partial charge is 0.758 e. The second kappa shape index (κ2) is 15.8. The minimum atomic E-state index is -5.59. The van der Waals surface area contributed by atoms with E-state index in [-0.39, 0.29) is 0 Å². The van der Waals surface area contributed by atoms with Gasteiger partial charge in [-0.05, 0) is 12.8 Å². The van der Waals surface area contributed by atoms with E-state index >= 15 is 0 Å². The van der Waals surface area contributed by atoms with E-state index in [0.717, 1.165) is 13.1 Å². The van der Waals surface area contributed by atoms with Crippen LogP contribution in [0.25, 0.3) is 0 Å². The average molecular weight is 575 g/mol. The lowest BCUT2D eigenvalue weighted by Gasteiger charge is -2.12. The van der Waals surface area contributed by atoms with Gasteiger partial charge in [0.2, 0.25) is 12.7 Å². The van der Waals surface area contributed by atoms with Crippen molar-refractivity contribution >= 4 is 20.0 Å². The molecule has 0 bridgehead atoms. The topological polar surface area (TPSA) is 146 Å². The summed E-state index contributed by atoms with van der Waals surface area (Å²) in [6, 6.07) is 0. The molecule has 10 nitrogen and oxygen atoms in total. The van der Waals surface area contributed by atoms with E-state index in [1.807, 2.05) is 14.1 Å². The van der Waals surface area contributed by atoms with Crippen LogP contribution in [0.5, 0.6) is 0 Å². The normalized spacial score (nSPS) is 14.6. The van der Waals surface area contributed by atoms with Crippen LogP contribution < -0.4 is 9.13 Å². The molecular formula is C18H32F6N6O4S2. The third-order valence-corrected chi connectivity index (χ3v) is 5.02. The molecule has 0 aromatic carbocycles. The second-order valence-corrected chi connectivity index (χ2v) is 10.2. The van der Waals surface area contributed by atoms with Crippen LogP contribution in [0.15, 0.2) is 37.4 Å². The van der Waals surface area contributed by atoms with Gasteiger partial charge in [-0.1, -0.05) is 26.7 Å². The van der Waals surface area contributed by atoms with E-state index in [9.17, 15) is 43.9 Å². The highest BCUT2D eigenvalue weighted by atomic mass is 32.2. The minimum Gasteiger partial charge on any atom is -0.758 e. The lowest BCUT2D eigenvalue weighted by Crippen LogP contribution is -2.30. The summed E-state index contributed by atoms with van der Waals surface area (Å²) in [6.45, 7) is 6.72. The van der Waals surface area contributed by atoms with Crippen LogP contribution in [0.2, 0.25) is 0 Å².